The molecule has 1 N–H and O–H groups in total. The molecule has 2 bridgehead atoms. The van der Waals surface area contributed by atoms with Crippen molar-refractivity contribution in [3.8, 4) is 17.2 Å². The molecule has 0 spiro atoms. The number of imidazole rings is 1. The fourth-order valence-corrected chi connectivity index (χ4v) is 5.94. The molecule has 5 aromatic rings. The summed E-state index contributed by atoms with van der Waals surface area (Å²) in [4.78, 5) is 13.8. The first kappa shape index (κ1) is 23.0. The predicted molar refractivity (Wildman–Crippen MR) is 135 cm³/mol. The minimum atomic E-state index is -1.35. The van der Waals surface area contributed by atoms with Gasteiger partial charge in [-0.05, 0) is 62.1 Å². The fraction of sp³-hybridized carbons (Fsp3) is 0.296. The summed E-state index contributed by atoms with van der Waals surface area (Å²) in [5.41, 5.74) is 2.33. The van der Waals surface area contributed by atoms with E-state index in [0.717, 1.165) is 0 Å². The van der Waals surface area contributed by atoms with E-state index in [0.29, 0.717) is 51.9 Å². The van der Waals surface area contributed by atoms with Crippen molar-refractivity contribution in [1.82, 2.24) is 34.0 Å². The van der Waals surface area contributed by atoms with Crippen LogP contribution in [0.15, 0.2) is 47.7 Å². The van der Waals surface area contributed by atoms with E-state index in [1.165, 1.54) is 38.5 Å². The Morgan fingerprint density at radius 3 is 2.53 bits per heavy atom. The molecule has 0 unspecified atom stereocenters. The molecule has 2 aliphatic heterocycles. The van der Waals surface area contributed by atoms with E-state index in [-0.39, 0.29) is 29.3 Å². The molecule has 8 nitrogen and oxygen atoms in total. The van der Waals surface area contributed by atoms with Crippen LogP contribution in [0.5, 0.6) is 0 Å². The molecule has 1 saturated heterocycles. The minimum absolute atomic E-state index is 0.0741. The molecule has 0 radical (unpaired) electrons. The van der Waals surface area contributed by atoms with Crippen molar-refractivity contribution >= 4 is 10.9 Å². The summed E-state index contributed by atoms with van der Waals surface area (Å²) < 4.78 is 51.1. The lowest BCUT2D eigenvalue weighted by Crippen LogP contribution is -2.34. The normalized spacial score (nSPS) is 20.4. The van der Waals surface area contributed by atoms with E-state index >= 15 is 8.78 Å². The summed E-state index contributed by atoms with van der Waals surface area (Å²) >= 11 is 0. The van der Waals surface area contributed by atoms with Crippen molar-refractivity contribution in [2.75, 3.05) is 0 Å². The summed E-state index contributed by atoms with van der Waals surface area (Å²) in [5.74, 6) is -0.543. The first-order chi connectivity index (χ1) is 18.2. The van der Waals surface area contributed by atoms with E-state index in [1.54, 1.807) is 43.8 Å². The summed E-state index contributed by atoms with van der Waals surface area (Å²) in [6, 6.07) is 5.96. The maximum absolute atomic E-state index is 15.5. The molecule has 194 valence electrons. The Kier molecular flexibility index (Phi) is 4.81. The largest absolute Gasteiger partial charge is 0.338 e. The van der Waals surface area contributed by atoms with Crippen LogP contribution in [0, 0.1) is 25.5 Å². The first-order valence-corrected chi connectivity index (χ1v) is 12.5. The van der Waals surface area contributed by atoms with Crippen LogP contribution in [0.1, 0.15) is 47.4 Å². The van der Waals surface area contributed by atoms with E-state index in [1.807, 2.05) is 0 Å². The molecular weight excluding hydrogens is 495 g/mol. The van der Waals surface area contributed by atoms with E-state index in [9.17, 15) is 9.18 Å². The molecule has 0 saturated carbocycles. The number of hydrogen-bond donors (Lipinski definition) is 1. The number of hydrogen-bond acceptors (Lipinski definition) is 4. The molecule has 2 aliphatic rings. The third kappa shape index (κ3) is 3.05. The minimum Gasteiger partial charge on any atom is -0.304 e. The van der Waals surface area contributed by atoms with Crippen molar-refractivity contribution in [3.05, 3.63) is 87.4 Å². The number of aromatic nitrogens is 6. The molecule has 5 heterocycles. The van der Waals surface area contributed by atoms with Gasteiger partial charge in [-0.3, -0.25) is 13.8 Å². The Hall–Kier alpha value is -4.12. The van der Waals surface area contributed by atoms with Crippen LogP contribution in [0.4, 0.5) is 13.2 Å². The molecule has 11 heteroatoms. The number of rotatable bonds is 3. The maximum Gasteiger partial charge on any atom is 0.338 e. The van der Waals surface area contributed by atoms with Crippen molar-refractivity contribution in [1.29, 1.82) is 0 Å². The number of benzene rings is 2. The molecule has 3 atom stereocenters. The van der Waals surface area contributed by atoms with Gasteiger partial charge in [-0.1, -0.05) is 0 Å². The zero-order chi connectivity index (χ0) is 26.5. The monoisotopic (exact) mass is 519 g/mol. The van der Waals surface area contributed by atoms with Gasteiger partial charge < -0.3 is 5.32 Å². The fourth-order valence-electron chi connectivity index (χ4n) is 5.94. The highest BCUT2D eigenvalue weighted by Crippen LogP contribution is 2.45. The van der Waals surface area contributed by atoms with Gasteiger partial charge in [0, 0.05) is 37.1 Å². The van der Waals surface area contributed by atoms with E-state index in [4.69, 9.17) is 0 Å². The van der Waals surface area contributed by atoms with Crippen LogP contribution in [0.2, 0.25) is 0 Å². The van der Waals surface area contributed by atoms with E-state index in [2.05, 4.69) is 15.5 Å². The first-order valence-electron chi connectivity index (χ1n) is 12.5. The summed E-state index contributed by atoms with van der Waals surface area (Å²) in [6.45, 7) is 3.30. The second kappa shape index (κ2) is 7.94. The van der Waals surface area contributed by atoms with Crippen molar-refractivity contribution in [2.45, 2.75) is 44.9 Å². The third-order valence-electron chi connectivity index (χ3n) is 7.85. The van der Waals surface area contributed by atoms with Gasteiger partial charge in [0.2, 0.25) is 0 Å². The Labute approximate surface area is 214 Å². The number of fused-ring (bicyclic) bond motifs is 5. The standard InChI is InChI=1S/C27H24F3N7O/c1-13-10-15(11-14(2)22(13)28)37-26(21-17-4-5-18(32-17)24(30)25(21)33-37)36-9-8-35(27(36)38)20-7-6-19-16(23(20)29)12-31-34(19)3/h6-12,17-18,24,32H,4-5H2,1-3H3/t17-,18+,24-/m0/s1. The molecule has 38 heavy (non-hydrogen) atoms. The van der Waals surface area contributed by atoms with Gasteiger partial charge in [0.1, 0.15) is 17.3 Å². The second-order valence-electron chi connectivity index (χ2n) is 10.2. The van der Waals surface area contributed by atoms with Crippen molar-refractivity contribution in [2.24, 2.45) is 7.05 Å². The molecule has 7 rings (SSSR count). The second-order valence-corrected chi connectivity index (χ2v) is 10.2. The molecule has 1 fully saturated rings. The highest BCUT2D eigenvalue weighted by Gasteiger charge is 2.45. The maximum atomic E-state index is 15.5. The topological polar surface area (TPSA) is 74.6 Å². The van der Waals surface area contributed by atoms with Crippen LogP contribution < -0.4 is 11.0 Å². The van der Waals surface area contributed by atoms with Crippen LogP contribution in [0.25, 0.3) is 28.1 Å². The number of halogens is 3. The smallest absolute Gasteiger partial charge is 0.304 e. The van der Waals surface area contributed by atoms with Gasteiger partial charge in [-0.15, -0.1) is 0 Å². The van der Waals surface area contributed by atoms with Gasteiger partial charge in [0.05, 0.1) is 28.5 Å². The Balaban J connectivity index is 1.47. The lowest BCUT2D eigenvalue weighted by molar-refractivity contribution is 0.245. The third-order valence-corrected chi connectivity index (χ3v) is 7.85. The van der Waals surface area contributed by atoms with E-state index < -0.39 is 17.7 Å². The summed E-state index contributed by atoms with van der Waals surface area (Å²) in [5, 5.41) is 12.4. The average Bonchev–Trinajstić information content (AvgIpc) is 3.66. The quantitative estimate of drug-likeness (QED) is 0.383. The van der Waals surface area contributed by atoms with Gasteiger partial charge in [-0.2, -0.15) is 10.2 Å². The molecule has 3 aromatic heterocycles. The van der Waals surface area contributed by atoms with Crippen molar-refractivity contribution < 1.29 is 13.2 Å². The lowest BCUT2D eigenvalue weighted by Gasteiger charge is -2.24. The van der Waals surface area contributed by atoms with Crippen LogP contribution in [0.3, 0.4) is 0 Å². The highest BCUT2D eigenvalue weighted by atomic mass is 19.1. The van der Waals surface area contributed by atoms with Crippen LogP contribution in [-0.4, -0.2) is 34.7 Å². The van der Waals surface area contributed by atoms with Crippen molar-refractivity contribution in [3.63, 3.8) is 0 Å². The van der Waals surface area contributed by atoms with Gasteiger partial charge in [-0.25, -0.2) is 22.6 Å². The SMILES string of the molecule is Cc1cc(-n2nc3c(c2-n2ccn(-c4ccc5c(cnn5C)c4F)c2=O)[C@@H]2CC[C@@H](N2)[C@@H]3F)cc(C)c1F. The molecule has 0 aliphatic carbocycles. The number of aryl methyl sites for hydroxylation is 3. The number of alkyl halides is 1. The zero-order valence-corrected chi connectivity index (χ0v) is 20.9. The predicted octanol–water partition coefficient (Wildman–Crippen LogP) is 4.41. The average molecular weight is 520 g/mol. The molecule has 2 aromatic carbocycles. The molecule has 0 amide bonds. The highest BCUT2D eigenvalue weighted by molar-refractivity contribution is 5.81. The van der Waals surface area contributed by atoms with Crippen LogP contribution in [-0.2, 0) is 7.05 Å². The van der Waals surface area contributed by atoms with Gasteiger partial charge in [0.25, 0.3) is 0 Å². The van der Waals surface area contributed by atoms with Crippen LogP contribution >= 0.6 is 0 Å². The number of nitrogens with one attached hydrogen (secondary N) is 1. The lowest BCUT2D eigenvalue weighted by atomic mass is 10.0. The summed E-state index contributed by atoms with van der Waals surface area (Å²) in [6.07, 6.45) is 4.43. The van der Waals surface area contributed by atoms with Gasteiger partial charge in [0.15, 0.2) is 12.0 Å². The Morgan fingerprint density at radius 1 is 1.03 bits per heavy atom. The molecular formula is C27H24F3N7O. The Bertz CT molecular complexity index is 1810. The van der Waals surface area contributed by atoms with Gasteiger partial charge >= 0.3 is 5.69 Å². The summed E-state index contributed by atoms with van der Waals surface area (Å²) in [7, 11) is 1.72. The Morgan fingerprint density at radius 2 is 1.76 bits per heavy atom. The zero-order valence-electron chi connectivity index (χ0n) is 20.9. The number of nitrogens with zero attached hydrogens (tertiary/aromatic N) is 6.